The maximum atomic E-state index is 12.1. The largest absolute Gasteiger partial charge is 0.353 e. The fourth-order valence-electron chi connectivity index (χ4n) is 2.66. The van der Waals surface area contributed by atoms with Crippen molar-refractivity contribution < 1.29 is 4.79 Å². The zero-order valence-corrected chi connectivity index (χ0v) is 12.7. The third kappa shape index (κ3) is 5.01. The Morgan fingerprint density at radius 2 is 1.86 bits per heavy atom. The van der Waals surface area contributed by atoms with E-state index in [9.17, 15) is 4.79 Å². The summed E-state index contributed by atoms with van der Waals surface area (Å²) >= 11 is 0. The molecule has 116 valence electrons. The lowest BCUT2D eigenvalue weighted by Gasteiger charge is -2.35. The molecule has 1 aromatic rings. The van der Waals surface area contributed by atoms with Crippen LogP contribution < -0.4 is 10.6 Å². The van der Waals surface area contributed by atoms with Gasteiger partial charge in [-0.15, -0.1) is 0 Å². The number of amides is 1. The number of pyridine rings is 1. The Morgan fingerprint density at radius 1 is 1.10 bits per heavy atom. The molecule has 2 N–H and O–H groups in total. The molecular weight excluding hydrogens is 264 g/mol. The smallest absolute Gasteiger partial charge is 0.222 e. The number of carbonyl (C=O) groups is 1. The molecule has 0 spiro atoms. The van der Waals surface area contributed by atoms with E-state index in [1.54, 1.807) is 0 Å². The standard InChI is InChI=1S/C16H26N4O/c17-9-5-2-1-3-8-16(21)20-13-11-19(12-14-20)15-7-4-6-10-18-15/h4,6-7,10H,1-3,5,8-9,11-14,17H2. The number of nitrogens with zero attached hydrogens (tertiary/aromatic N) is 3. The average Bonchev–Trinajstić information content (AvgIpc) is 2.55. The molecule has 1 fully saturated rings. The van der Waals surface area contributed by atoms with Crippen LogP contribution in [-0.2, 0) is 4.79 Å². The number of aromatic nitrogens is 1. The van der Waals surface area contributed by atoms with Gasteiger partial charge in [0.05, 0.1) is 0 Å². The summed E-state index contributed by atoms with van der Waals surface area (Å²) in [4.78, 5) is 20.7. The van der Waals surface area contributed by atoms with Crippen LogP contribution in [0.15, 0.2) is 24.4 Å². The first-order valence-electron chi connectivity index (χ1n) is 7.95. The summed E-state index contributed by atoms with van der Waals surface area (Å²) in [5.41, 5.74) is 5.46. The van der Waals surface area contributed by atoms with Gasteiger partial charge in [-0.2, -0.15) is 0 Å². The van der Waals surface area contributed by atoms with Gasteiger partial charge in [0.15, 0.2) is 0 Å². The molecule has 1 aliphatic heterocycles. The monoisotopic (exact) mass is 290 g/mol. The number of nitrogens with two attached hydrogens (primary N) is 1. The summed E-state index contributed by atoms with van der Waals surface area (Å²) in [6.07, 6.45) is 6.78. The van der Waals surface area contributed by atoms with Crippen molar-refractivity contribution in [2.45, 2.75) is 32.1 Å². The van der Waals surface area contributed by atoms with Crippen LogP contribution in [0.25, 0.3) is 0 Å². The topological polar surface area (TPSA) is 62.5 Å². The maximum absolute atomic E-state index is 12.1. The summed E-state index contributed by atoms with van der Waals surface area (Å²) in [6, 6.07) is 5.95. The minimum absolute atomic E-state index is 0.295. The van der Waals surface area contributed by atoms with E-state index in [4.69, 9.17) is 5.73 Å². The molecule has 1 aliphatic rings. The SMILES string of the molecule is NCCCCCCC(=O)N1CCN(c2ccccn2)CC1. The normalized spacial score (nSPS) is 15.3. The van der Waals surface area contributed by atoms with Crippen LogP contribution in [0.5, 0.6) is 0 Å². The zero-order valence-electron chi connectivity index (χ0n) is 12.7. The first-order chi connectivity index (χ1) is 10.3. The van der Waals surface area contributed by atoms with E-state index in [2.05, 4.69) is 9.88 Å². The number of hydrogen-bond acceptors (Lipinski definition) is 4. The van der Waals surface area contributed by atoms with Crippen LogP contribution in [0.1, 0.15) is 32.1 Å². The Labute approximate surface area is 127 Å². The van der Waals surface area contributed by atoms with Crippen LogP contribution >= 0.6 is 0 Å². The van der Waals surface area contributed by atoms with Crippen molar-refractivity contribution in [1.82, 2.24) is 9.88 Å². The van der Waals surface area contributed by atoms with Gasteiger partial charge >= 0.3 is 0 Å². The van der Waals surface area contributed by atoms with E-state index in [0.29, 0.717) is 12.3 Å². The first kappa shape index (κ1) is 15.8. The third-order valence-corrected chi connectivity index (χ3v) is 3.95. The van der Waals surface area contributed by atoms with Gasteiger partial charge in [-0.3, -0.25) is 4.79 Å². The maximum Gasteiger partial charge on any atom is 0.222 e. The molecule has 0 saturated carbocycles. The number of hydrogen-bond donors (Lipinski definition) is 1. The second-order valence-electron chi connectivity index (χ2n) is 5.51. The Bertz CT molecular complexity index is 416. The van der Waals surface area contributed by atoms with Gasteiger partial charge in [-0.25, -0.2) is 4.98 Å². The predicted octanol–water partition coefficient (Wildman–Crippen LogP) is 1.64. The average molecular weight is 290 g/mol. The number of piperazine rings is 1. The number of rotatable bonds is 7. The van der Waals surface area contributed by atoms with Gasteiger partial charge in [-0.1, -0.05) is 18.9 Å². The Morgan fingerprint density at radius 3 is 2.52 bits per heavy atom. The van der Waals surface area contributed by atoms with Crippen LogP contribution in [0.2, 0.25) is 0 Å². The molecule has 0 radical (unpaired) electrons. The van der Waals surface area contributed by atoms with Crippen LogP contribution in [0, 0.1) is 0 Å². The van der Waals surface area contributed by atoms with Gasteiger partial charge in [0.25, 0.3) is 0 Å². The van der Waals surface area contributed by atoms with Crippen LogP contribution in [0.3, 0.4) is 0 Å². The first-order valence-corrected chi connectivity index (χ1v) is 7.95. The summed E-state index contributed by atoms with van der Waals surface area (Å²) < 4.78 is 0. The van der Waals surface area contributed by atoms with Gasteiger partial charge in [0.1, 0.15) is 5.82 Å². The molecule has 0 atom stereocenters. The van der Waals surface area contributed by atoms with Crippen molar-refractivity contribution in [1.29, 1.82) is 0 Å². The van der Waals surface area contributed by atoms with Crippen molar-refractivity contribution >= 4 is 11.7 Å². The van der Waals surface area contributed by atoms with Crippen LogP contribution in [0.4, 0.5) is 5.82 Å². The highest BCUT2D eigenvalue weighted by Crippen LogP contribution is 2.13. The molecule has 2 heterocycles. The second-order valence-corrected chi connectivity index (χ2v) is 5.51. The highest BCUT2D eigenvalue weighted by atomic mass is 16.2. The van der Waals surface area contributed by atoms with Gasteiger partial charge in [-0.05, 0) is 31.5 Å². The lowest BCUT2D eigenvalue weighted by Crippen LogP contribution is -2.49. The van der Waals surface area contributed by atoms with E-state index in [1.807, 2.05) is 29.3 Å². The third-order valence-electron chi connectivity index (χ3n) is 3.95. The quantitative estimate of drug-likeness (QED) is 0.775. The number of anilines is 1. The van der Waals surface area contributed by atoms with Crippen molar-refractivity contribution in [2.24, 2.45) is 5.73 Å². The van der Waals surface area contributed by atoms with Gasteiger partial charge < -0.3 is 15.5 Å². The molecule has 0 bridgehead atoms. The fraction of sp³-hybridized carbons (Fsp3) is 0.625. The Balaban J connectivity index is 1.67. The molecule has 0 aliphatic carbocycles. The predicted molar refractivity (Wildman–Crippen MR) is 85.2 cm³/mol. The van der Waals surface area contributed by atoms with Crippen molar-refractivity contribution in [3.05, 3.63) is 24.4 Å². The van der Waals surface area contributed by atoms with Crippen molar-refractivity contribution in [3.63, 3.8) is 0 Å². The van der Waals surface area contributed by atoms with E-state index >= 15 is 0 Å². The number of unbranched alkanes of at least 4 members (excludes halogenated alkanes) is 3. The van der Waals surface area contributed by atoms with Crippen LogP contribution in [-0.4, -0.2) is 48.5 Å². The molecule has 1 amide bonds. The molecule has 0 aromatic carbocycles. The zero-order chi connectivity index (χ0) is 14.9. The minimum Gasteiger partial charge on any atom is -0.353 e. The van der Waals surface area contributed by atoms with Crippen molar-refractivity contribution in [2.75, 3.05) is 37.6 Å². The van der Waals surface area contributed by atoms with E-state index < -0.39 is 0 Å². The molecule has 0 unspecified atom stereocenters. The summed E-state index contributed by atoms with van der Waals surface area (Å²) in [5, 5.41) is 0. The van der Waals surface area contributed by atoms with E-state index in [-0.39, 0.29) is 0 Å². The summed E-state index contributed by atoms with van der Waals surface area (Å²) in [7, 11) is 0. The Hall–Kier alpha value is -1.62. The van der Waals surface area contributed by atoms with Crippen molar-refractivity contribution in [3.8, 4) is 0 Å². The molecule has 5 nitrogen and oxygen atoms in total. The molecule has 1 aromatic heterocycles. The van der Waals surface area contributed by atoms with Gasteiger partial charge in [0, 0.05) is 38.8 Å². The summed E-state index contributed by atoms with van der Waals surface area (Å²) in [6.45, 7) is 4.10. The molecule has 2 rings (SSSR count). The molecular formula is C16H26N4O. The lowest BCUT2D eigenvalue weighted by atomic mass is 10.1. The summed E-state index contributed by atoms with van der Waals surface area (Å²) in [5.74, 6) is 1.30. The lowest BCUT2D eigenvalue weighted by molar-refractivity contribution is -0.131. The molecule has 1 saturated heterocycles. The molecule has 21 heavy (non-hydrogen) atoms. The minimum atomic E-state index is 0.295. The number of carbonyl (C=O) groups excluding carboxylic acids is 1. The highest BCUT2D eigenvalue weighted by molar-refractivity contribution is 5.76. The second kappa shape index (κ2) is 8.62. The fourth-order valence-corrected chi connectivity index (χ4v) is 2.66. The Kier molecular flexibility index (Phi) is 6.47. The highest BCUT2D eigenvalue weighted by Gasteiger charge is 2.21. The van der Waals surface area contributed by atoms with E-state index in [0.717, 1.165) is 64.2 Å². The molecule has 5 heteroatoms. The van der Waals surface area contributed by atoms with Gasteiger partial charge in [0.2, 0.25) is 5.91 Å². The van der Waals surface area contributed by atoms with E-state index in [1.165, 1.54) is 0 Å².